The Hall–Kier alpha value is -0.0500. The van der Waals surface area contributed by atoms with E-state index < -0.39 is 0 Å². The van der Waals surface area contributed by atoms with Crippen LogP contribution in [-0.2, 0) is 0 Å². The second-order valence-corrected chi connectivity index (χ2v) is 5.32. The van der Waals surface area contributed by atoms with Crippen LogP contribution in [0, 0.1) is 5.92 Å². The third kappa shape index (κ3) is 2.96. The average molecular weight is 229 g/mol. The molecule has 1 saturated carbocycles. The lowest BCUT2D eigenvalue weighted by Crippen LogP contribution is -2.56. The summed E-state index contributed by atoms with van der Waals surface area (Å²) in [5, 5.41) is 3.58. The fourth-order valence-corrected chi connectivity index (χ4v) is 2.55. The van der Waals surface area contributed by atoms with Gasteiger partial charge in [-0.25, -0.2) is 0 Å². The minimum absolute atomic E-state index is 0.614. The minimum atomic E-state index is 0.614. The van der Waals surface area contributed by atoms with Crippen molar-refractivity contribution < 1.29 is 0 Å². The van der Waals surface area contributed by atoms with Crippen molar-refractivity contribution in [2.24, 2.45) is 5.92 Å². The molecule has 0 aromatic carbocycles. The van der Waals surface area contributed by atoms with Gasteiger partial charge in [-0.3, -0.25) is 4.90 Å². The molecule has 2 fully saturated rings. The van der Waals surface area contributed by atoms with E-state index in [0.717, 1.165) is 31.6 Å². The van der Waals surface area contributed by atoms with Crippen LogP contribution in [0.5, 0.6) is 0 Å². The zero-order valence-electron chi connectivity index (χ0n) is 9.67. The molecule has 1 aliphatic carbocycles. The van der Waals surface area contributed by atoms with Gasteiger partial charge in [-0.1, -0.05) is 11.6 Å². The summed E-state index contributed by atoms with van der Waals surface area (Å²) < 4.78 is 0. The first kappa shape index (κ1) is 11.4. The molecule has 0 amide bonds. The number of hydrogen-bond acceptors (Lipinski definition) is 2. The Kier molecular flexibility index (Phi) is 3.70. The van der Waals surface area contributed by atoms with Gasteiger partial charge in [0.1, 0.15) is 0 Å². The summed E-state index contributed by atoms with van der Waals surface area (Å²) in [6, 6.07) is 1.36. The van der Waals surface area contributed by atoms with Crippen LogP contribution >= 0.6 is 11.6 Å². The molecule has 2 rings (SSSR count). The van der Waals surface area contributed by atoms with E-state index in [-0.39, 0.29) is 0 Å². The van der Waals surface area contributed by atoms with Gasteiger partial charge in [0.15, 0.2) is 0 Å². The molecule has 0 aromatic heterocycles. The van der Waals surface area contributed by atoms with Crippen LogP contribution in [0.3, 0.4) is 0 Å². The molecular formula is C12H21ClN2. The molecule has 86 valence electrons. The molecule has 0 bridgehead atoms. The summed E-state index contributed by atoms with van der Waals surface area (Å²) in [4.78, 5) is 2.60. The molecule has 0 spiro atoms. The van der Waals surface area contributed by atoms with Gasteiger partial charge < -0.3 is 5.32 Å². The van der Waals surface area contributed by atoms with Crippen LogP contribution in [0.1, 0.15) is 26.7 Å². The van der Waals surface area contributed by atoms with Crippen molar-refractivity contribution in [1.82, 2.24) is 10.2 Å². The SMILES string of the molecule is CC(=CCl)CN1CC(C)NCC1C1CC1. The van der Waals surface area contributed by atoms with Gasteiger partial charge in [0.25, 0.3) is 0 Å². The number of nitrogens with one attached hydrogen (secondary N) is 1. The maximum absolute atomic E-state index is 5.75. The highest BCUT2D eigenvalue weighted by Gasteiger charge is 2.37. The van der Waals surface area contributed by atoms with E-state index in [1.807, 2.05) is 0 Å². The van der Waals surface area contributed by atoms with Crippen LogP contribution in [-0.4, -0.2) is 36.6 Å². The first-order valence-electron chi connectivity index (χ1n) is 5.94. The second-order valence-electron chi connectivity index (χ2n) is 5.10. The summed E-state index contributed by atoms with van der Waals surface area (Å²) in [7, 11) is 0. The number of piperazine rings is 1. The van der Waals surface area contributed by atoms with Crippen molar-refractivity contribution in [3.63, 3.8) is 0 Å². The zero-order chi connectivity index (χ0) is 10.8. The fourth-order valence-electron chi connectivity index (χ4n) is 2.49. The van der Waals surface area contributed by atoms with Gasteiger partial charge in [0, 0.05) is 37.3 Å². The van der Waals surface area contributed by atoms with E-state index in [4.69, 9.17) is 11.6 Å². The van der Waals surface area contributed by atoms with E-state index in [1.54, 1.807) is 5.54 Å². The quantitative estimate of drug-likeness (QED) is 0.797. The van der Waals surface area contributed by atoms with E-state index >= 15 is 0 Å². The van der Waals surface area contributed by atoms with Crippen LogP contribution in [0.2, 0.25) is 0 Å². The van der Waals surface area contributed by atoms with E-state index in [2.05, 4.69) is 24.1 Å². The average Bonchev–Trinajstić information content (AvgIpc) is 3.01. The molecule has 2 unspecified atom stereocenters. The second kappa shape index (κ2) is 4.86. The fraction of sp³-hybridized carbons (Fsp3) is 0.833. The topological polar surface area (TPSA) is 15.3 Å². The minimum Gasteiger partial charge on any atom is -0.311 e. The molecule has 2 atom stereocenters. The highest BCUT2D eigenvalue weighted by atomic mass is 35.5. The maximum Gasteiger partial charge on any atom is 0.0253 e. The molecule has 1 N–H and O–H groups in total. The highest BCUT2D eigenvalue weighted by molar-refractivity contribution is 6.25. The maximum atomic E-state index is 5.75. The van der Waals surface area contributed by atoms with Gasteiger partial charge in [-0.15, -0.1) is 0 Å². The summed E-state index contributed by atoms with van der Waals surface area (Å²) >= 11 is 5.75. The van der Waals surface area contributed by atoms with E-state index in [1.165, 1.54) is 18.4 Å². The Morgan fingerprint density at radius 3 is 2.87 bits per heavy atom. The Morgan fingerprint density at radius 2 is 2.27 bits per heavy atom. The van der Waals surface area contributed by atoms with Crippen molar-refractivity contribution >= 4 is 11.6 Å². The van der Waals surface area contributed by atoms with Gasteiger partial charge in [0.2, 0.25) is 0 Å². The summed E-state index contributed by atoms with van der Waals surface area (Å²) in [5.41, 5.74) is 2.99. The third-order valence-electron chi connectivity index (χ3n) is 3.46. The monoisotopic (exact) mass is 228 g/mol. The summed E-state index contributed by atoms with van der Waals surface area (Å²) in [6.45, 7) is 7.72. The van der Waals surface area contributed by atoms with Crippen molar-refractivity contribution in [2.75, 3.05) is 19.6 Å². The summed E-state index contributed by atoms with van der Waals surface area (Å²) in [6.07, 6.45) is 2.84. The first-order valence-corrected chi connectivity index (χ1v) is 6.37. The number of nitrogens with zero attached hydrogens (tertiary/aromatic N) is 1. The standard InChI is InChI=1S/C12H21ClN2/c1-9(5-13)7-15-8-10(2)14-6-12(15)11-3-4-11/h5,10-12,14H,3-4,6-8H2,1-2H3. The van der Waals surface area contributed by atoms with Crippen molar-refractivity contribution in [1.29, 1.82) is 0 Å². The third-order valence-corrected chi connectivity index (χ3v) is 3.83. The Bertz CT molecular complexity index is 248. The van der Waals surface area contributed by atoms with Gasteiger partial charge in [0.05, 0.1) is 0 Å². The Labute approximate surface area is 97.7 Å². The zero-order valence-corrected chi connectivity index (χ0v) is 10.4. The van der Waals surface area contributed by atoms with Gasteiger partial charge in [-0.2, -0.15) is 0 Å². The molecule has 15 heavy (non-hydrogen) atoms. The largest absolute Gasteiger partial charge is 0.311 e. The smallest absolute Gasteiger partial charge is 0.0253 e. The Balaban J connectivity index is 1.96. The molecule has 1 saturated heterocycles. The normalized spacial score (nSPS) is 34.5. The molecule has 2 aliphatic rings. The molecular weight excluding hydrogens is 208 g/mol. The lowest BCUT2D eigenvalue weighted by Gasteiger charge is -2.39. The van der Waals surface area contributed by atoms with Gasteiger partial charge in [-0.05, 0) is 38.2 Å². The summed E-state index contributed by atoms with van der Waals surface area (Å²) in [5.74, 6) is 0.938. The van der Waals surface area contributed by atoms with Gasteiger partial charge >= 0.3 is 0 Å². The van der Waals surface area contributed by atoms with Crippen molar-refractivity contribution in [3.05, 3.63) is 11.1 Å². The van der Waals surface area contributed by atoms with E-state index in [0.29, 0.717) is 6.04 Å². The van der Waals surface area contributed by atoms with Crippen LogP contribution in [0.15, 0.2) is 11.1 Å². The molecule has 2 nitrogen and oxygen atoms in total. The van der Waals surface area contributed by atoms with Crippen molar-refractivity contribution in [3.8, 4) is 0 Å². The molecule has 1 heterocycles. The number of hydrogen-bond donors (Lipinski definition) is 1. The predicted octanol–water partition coefficient (Wildman–Crippen LogP) is 2.20. The van der Waals surface area contributed by atoms with Crippen LogP contribution in [0.4, 0.5) is 0 Å². The van der Waals surface area contributed by atoms with E-state index in [9.17, 15) is 0 Å². The van der Waals surface area contributed by atoms with Crippen molar-refractivity contribution in [2.45, 2.75) is 38.8 Å². The number of halogens is 1. The first-order chi connectivity index (χ1) is 7.20. The molecule has 1 aliphatic heterocycles. The lowest BCUT2D eigenvalue weighted by molar-refractivity contribution is 0.131. The highest BCUT2D eigenvalue weighted by Crippen LogP contribution is 2.36. The molecule has 0 radical (unpaired) electrons. The Morgan fingerprint density at radius 1 is 1.53 bits per heavy atom. The molecule has 3 heteroatoms. The van der Waals surface area contributed by atoms with Crippen LogP contribution < -0.4 is 5.32 Å². The lowest BCUT2D eigenvalue weighted by atomic mass is 10.0. The number of rotatable bonds is 3. The molecule has 0 aromatic rings. The predicted molar refractivity (Wildman–Crippen MR) is 65.2 cm³/mol. The van der Waals surface area contributed by atoms with Crippen LogP contribution in [0.25, 0.3) is 0 Å².